The molecule has 0 aromatic carbocycles. The molecule has 4 rings (SSSR count). The second-order valence-electron chi connectivity index (χ2n) is 7.00. The van der Waals surface area contributed by atoms with Crippen LogP contribution >= 0.6 is 0 Å². The molecule has 1 aliphatic heterocycles. The standard InChI is InChI=1S/C17H24N6O/c1-12-6-7-15-19-20-16(23(15)21-12)13-8-10-22(11-9-13)17(24)18-14-4-2-3-5-14/h6-7,13-14H,2-5,8-11H2,1H3,(H,18,24). The predicted molar refractivity (Wildman–Crippen MR) is 89.9 cm³/mol. The number of urea groups is 1. The van der Waals surface area contributed by atoms with Gasteiger partial charge in [-0.05, 0) is 44.7 Å². The van der Waals surface area contributed by atoms with E-state index in [0.717, 1.165) is 55.9 Å². The molecule has 0 spiro atoms. The summed E-state index contributed by atoms with van der Waals surface area (Å²) >= 11 is 0. The predicted octanol–water partition coefficient (Wildman–Crippen LogP) is 2.26. The third kappa shape index (κ3) is 2.95. The van der Waals surface area contributed by atoms with Gasteiger partial charge in [-0.25, -0.2) is 4.79 Å². The first-order chi connectivity index (χ1) is 11.7. The van der Waals surface area contributed by atoms with Crippen LogP contribution in [0.4, 0.5) is 4.79 Å². The van der Waals surface area contributed by atoms with Gasteiger partial charge in [0.05, 0.1) is 5.69 Å². The topological polar surface area (TPSA) is 75.4 Å². The van der Waals surface area contributed by atoms with E-state index in [1.54, 1.807) is 0 Å². The Kier molecular flexibility index (Phi) is 4.08. The lowest BCUT2D eigenvalue weighted by Gasteiger charge is -2.32. The summed E-state index contributed by atoms with van der Waals surface area (Å²) in [5.41, 5.74) is 1.74. The van der Waals surface area contributed by atoms with E-state index in [-0.39, 0.29) is 6.03 Å². The average molecular weight is 328 g/mol. The van der Waals surface area contributed by atoms with Crippen molar-refractivity contribution in [1.82, 2.24) is 30.0 Å². The number of hydrogen-bond donors (Lipinski definition) is 1. The first-order valence-corrected chi connectivity index (χ1v) is 8.95. The van der Waals surface area contributed by atoms with E-state index in [1.165, 1.54) is 12.8 Å². The lowest BCUT2D eigenvalue weighted by atomic mass is 9.96. The number of amides is 2. The first kappa shape index (κ1) is 15.4. The summed E-state index contributed by atoms with van der Waals surface area (Å²) < 4.78 is 1.86. The van der Waals surface area contributed by atoms with Gasteiger partial charge < -0.3 is 10.2 Å². The van der Waals surface area contributed by atoms with Crippen molar-refractivity contribution in [3.63, 3.8) is 0 Å². The fourth-order valence-corrected chi connectivity index (χ4v) is 3.83. The molecule has 24 heavy (non-hydrogen) atoms. The van der Waals surface area contributed by atoms with Crippen molar-refractivity contribution in [3.05, 3.63) is 23.7 Å². The molecular formula is C17H24N6O. The second-order valence-corrected chi connectivity index (χ2v) is 7.00. The van der Waals surface area contributed by atoms with Crippen LogP contribution in [0.5, 0.6) is 0 Å². The van der Waals surface area contributed by atoms with Crippen molar-refractivity contribution in [2.75, 3.05) is 13.1 Å². The van der Waals surface area contributed by atoms with E-state index in [9.17, 15) is 4.79 Å². The molecule has 1 aliphatic carbocycles. The monoisotopic (exact) mass is 328 g/mol. The highest BCUT2D eigenvalue weighted by Gasteiger charge is 2.28. The Labute approximate surface area is 141 Å². The van der Waals surface area contributed by atoms with Gasteiger partial charge in [-0.1, -0.05) is 12.8 Å². The zero-order chi connectivity index (χ0) is 16.5. The van der Waals surface area contributed by atoms with Gasteiger partial charge >= 0.3 is 6.03 Å². The van der Waals surface area contributed by atoms with Gasteiger partial charge in [-0.2, -0.15) is 9.61 Å². The molecule has 2 aromatic heterocycles. The van der Waals surface area contributed by atoms with E-state index in [2.05, 4.69) is 20.6 Å². The zero-order valence-corrected chi connectivity index (χ0v) is 14.1. The summed E-state index contributed by atoms with van der Waals surface area (Å²) in [7, 11) is 0. The number of fused-ring (bicyclic) bond motifs is 1. The summed E-state index contributed by atoms with van der Waals surface area (Å²) in [6, 6.07) is 4.37. The maximum Gasteiger partial charge on any atom is 0.317 e. The van der Waals surface area contributed by atoms with Crippen LogP contribution in [0, 0.1) is 6.92 Å². The third-order valence-electron chi connectivity index (χ3n) is 5.25. The van der Waals surface area contributed by atoms with Gasteiger partial charge in [0.1, 0.15) is 0 Å². The normalized spacial score (nSPS) is 20.0. The van der Waals surface area contributed by atoms with Crippen LogP contribution in [-0.4, -0.2) is 49.9 Å². The van der Waals surface area contributed by atoms with Crippen LogP contribution in [0.15, 0.2) is 12.1 Å². The Hall–Kier alpha value is -2.18. The Morgan fingerprint density at radius 2 is 1.88 bits per heavy atom. The molecule has 1 N–H and O–H groups in total. The Morgan fingerprint density at radius 3 is 2.62 bits per heavy atom. The summed E-state index contributed by atoms with van der Waals surface area (Å²) in [5.74, 6) is 1.23. The maximum absolute atomic E-state index is 12.4. The number of aryl methyl sites for hydroxylation is 1. The molecule has 0 atom stereocenters. The molecular weight excluding hydrogens is 304 g/mol. The SMILES string of the molecule is Cc1ccc2nnc(C3CCN(C(=O)NC4CCCC4)CC3)n2n1. The molecule has 2 fully saturated rings. The van der Waals surface area contributed by atoms with Crippen LogP contribution in [0.1, 0.15) is 56.0 Å². The fraction of sp³-hybridized carbons (Fsp3) is 0.647. The van der Waals surface area contributed by atoms with E-state index >= 15 is 0 Å². The van der Waals surface area contributed by atoms with E-state index in [1.807, 2.05) is 28.5 Å². The van der Waals surface area contributed by atoms with Gasteiger partial charge in [0.15, 0.2) is 11.5 Å². The van der Waals surface area contributed by atoms with Crippen molar-refractivity contribution >= 4 is 11.7 Å². The minimum absolute atomic E-state index is 0.0976. The van der Waals surface area contributed by atoms with E-state index in [0.29, 0.717) is 12.0 Å². The van der Waals surface area contributed by atoms with Gasteiger partial charge in [-0.3, -0.25) is 0 Å². The first-order valence-electron chi connectivity index (χ1n) is 8.95. The number of rotatable bonds is 2. The number of piperidine rings is 1. The van der Waals surface area contributed by atoms with Crippen molar-refractivity contribution in [1.29, 1.82) is 0 Å². The molecule has 1 saturated carbocycles. The summed E-state index contributed by atoms with van der Waals surface area (Å²) in [6.45, 7) is 3.51. The number of carbonyl (C=O) groups excluding carboxylic acids is 1. The van der Waals surface area contributed by atoms with Crippen molar-refractivity contribution < 1.29 is 4.79 Å². The van der Waals surface area contributed by atoms with Gasteiger partial charge in [0.25, 0.3) is 0 Å². The highest BCUT2D eigenvalue weighted by atomic mass is 16.2. The molecule has 7 nitrogen and oxygen atoms in total. The Balaban J connectivity index is 1.40. The van der Waals surface area contributed by atoms with Crippen LogP contribution in [0.3, 0.4) is 0 Å². The van der Waals surface area contributed by atoms with Gasteiger partial charge in [0, 0.05) is 25.0 Å². The molecule has 2 aliphatic rings. The Bertz CT molecular complexity index is 728. The number of hydrogen-bond acceptors (Lipinski definition) is 4. The van der Waals surface area contributed by atoms with Gasteiger partial charge in [0.2, 0.25) is 0 Å². The van der Waals surface area contributed by atoms with Crippen LogP contribution in [0.25, 0.3) is 5.65 Å². The maximum atomic E-state index is 12.4. The second kappa shape index (κ2) is 6.37. The molecule has 3 heterocycles. The number of nitrogens with one attached hydrogen (secondary N) is 1. The van der Waals surface area contributed by atoms with Crippen LogP contribution < -0.4 is 5.32 Å². The van der Waals surface area contributed by atoms with Gasteiger partial charge in [-0.15, -0.1) is 10.2 Å². The molecule has 0 unspecified atom stereocenters. The molecule has 0 bridgehead atoms. The highest BCUT2D eigenvalue weighted by Crippen LogP contribution is 2.27. The van der Waals surface area contributed by atoms with Crippen molar-refractivity contribution in [2.45, 2.75) is 57.4 Å². The zero-order valence-electron chi connectivity index (χ0n) is 14.1. The number of nitrogens with zero attached hydrogens (tertiary/aromatic N) is 5. The quantitative estimate of drug-likeness (QED) is 0.917. The Morgan fingerprint density at radius 1 is 1.12 bits per heavy atom. The van der Waals surface area contributed by atoms with E-state index in [4.69, 9.17) is 0 Å². The van der Waals surface area contributed by atoms with Crippen molar-refractivity contribution in [3.8, 4) is 0 Å². The summed E-state index contributed by atoms with van der Waals surface area (Å²) in [6.07, 6.45) is 6.54. The molecule has 0 radical (unpaired) electrons. The fourth-order valence-electron chi connectivity index (χ4n) is 3.83. The summed E-state index contributed by atoms with van der Waals surface area (Å²) in [5, 5.41) is 16.3. The highest BCUT2D eigenvalue weighted by molar-refractivity contribution is 5.74. The molecule has 2 aromatic rings. The van der Waals surface area contributed by atoms with Crippen LogP contribution in [-0.2, 0) is 0 Å². The number of aromatic nitrogens is 4. The van der Waals surface area contributed by atoms with E-state index < -0.39 is 0 Å². The third-order valence-corrected chi connectivity index (χ3v) is 5.25. The smallest absolute Gasteiger partial charge is 0.317 e. The summed E-state index contributed by atoms with van der Waals surface area (Å²) in [4.78, 5) is 14.3. The average Bonchev–Trinajstić information content (AvgIpc) is 3.24. The molecule has 1 saturated heterocycles. The largest absolute Gasteiger partial charge is 0.335 e. The number of carbonyl (C=O) groups is 1. The molecule has 7 heteroatoms. The van der Waals surface area contributed by atoms with Crippen molar-refractivity contribution in [2.24, 2.45) is 0 Å². The van der Waals surface area contributed by atoms with Crippen LogP contribution in [0.2, 0.25) is 0 Å². The number of likely N-dealkylation sites (tertiary alicyclic amines) is 1. The lowest BCUT2D eigenvalue weighted by molar-refractivity contribution is 0.176. The molecule has 2 amide bonds. The minimum atomic E-state index is 0.0976. The minimum Gasteiger partial charge on any atom is -0.335 e. The molecule has 128 valence electrons. The lowest BCUT2D eigenvalue weighted by Crippen LogP contribution is -2.47.